The fraction of sp³-hybridized carbons (Fsp3) is 0.211. The maximum Gasteiger partial charge on any atom is 0.291 e. The van der Waals surface area contributed by atoms with E-state index in [9.17, 15) is 4.79 Å². The van der Waals surface area contributed by atoms with Crippen molar-refractivity contribution in [1.29, 1.82) is 0 Å². The van der Waals surface area contributed by atoms with E-state index in [2.05, 4.69) is 5.32 Å². The van der Waals surface area contributed by atoms with Crippen molar-refractivity contribution >= 4 is 22.6 Å². The average molecular weight is 325 g/mol. The van der Waals surface area contributed by atoms with Crippen LogP contribution in [0.2, 0.25) is 0 Å². The number of ether oxygens (including phenoxy) is 2. The van der Waals surface area contributed by atoms with Gasteiger partial charge in [0.2, 0.25) is 0 Å². The maximum absolute atomic E-state index is 12.6. The van der Waals surface area contributed by atoms with Crippen LogP contribution in [0, 0.1) is 13.8 Å². The zero-order chi connectivity index (χ0) is 17.3. The molecule has 1 aromatic heterocycles. The van der Waals surface area contributed by atoms with E-state index in [1.165, 1.54) is 0 Å². The number of hydrogen-bond acceptors (Lipinski definition) is 4. The fourth-order valence-electron chi connectivity index (χ4n) is 2.63. The minimum absolute atomic E-state index is 0.300. The Morgan fingerprint density at radius 2 is 1.83 bits per heavy atom. The molecule has 0 aliphatic carbocycles. The van der Waals surface area contributed by atoms with E-state index in [0.29, 0.717) is 28.5 Å². The number of rotatable bonds is 4. The first-order chi connectivity index (χ1) is 11.5. The number of nitrogens with one attached hydrogen (secondary N) is 1. The van der Waals surface area contributed by atoms with Crippen LogP contribution in [0.5, 0.6) is 11.5 Å². The Kier molecular flexibility index (Phi) is 4.16. The Labute approximate surface area is 140 Å². The Morgan fingerprint density at radius 1 is 1.04 bits per heavy atom. The molecule has 1 amide bonds. The summed E-state index contributed by atoms with van der Waals surface area (Å²) in [5, 5.41) is 3.78. The van der Waals surface area contributed by atoms with E-state index in [1.54, 1.807) is 32.4 Å². The normalized spacial score (nSPS) is 10.7. The van der Waals surface area contributed by atoms with Gasteiger partial charge in [0.1, 0.15) is 17.1 Å². The molecule has 0 aliphatic heterocycles. The van der Waals surface area contributed by atoms with Gasteiger partial charge in [0.05, 0.1) is 19.9 Å². The van der Waals surface area contributed by atoms with Crippen LogP contribution in [0.4, 0.5) is 5.69 Å². The number of furan rings is 1. The van der Waals surface area contributed by atoms with Gasteiger partial charge in [-0.05, 0) is 38.1 Å². The van der Waals surface area contributed by atoms with Crippen LogP contribution in [0.1, 0.15) is 21.7 Å². The summed E-state index contributed by atoms with van der Waals surface area (Å²) in [7, 11) is 3.12. The number of benzene rings is 2. The molecule has 0 aliphatic rings. The molecule has 0 atom stereocenters. The highest BCUT2D eigenvalue weighted by Crippen LogP contribution is 2.31. The molecule has 0 unspecified atom stereocenters. The van der Waals surface area contributed by atoms with Gasteiger partial charge in [-0.2, -0.15) is 0 Å². The molecule has 0 fully saturated rings. The van der Waals surface area contributed by atoms with E-state index < -0.39 is 0 Å². The summed E-state index contributed by atoms with van der Waals surface area (Å²) in [6, 6.07) is 11.1. The summed E-state index contributed by atoms with van der Waals surface area (Å²) in [5.41, 5.74) is 3.19. The molecule has 124 valence electrons. The van der Waals surface area contributed by atoms with Crippen molar-refractivity contribution in [1.82, 2.24) is 0 Å². The van der Waals surface area contributed by atoms with Crippen LogP contribution < -0.4 is 14.8 Å². The summed E-state index contributed by atoms with van der Waals surface area (Å²) in [4.78, 5) is 12.6. The third-order valence-corrected chi connectivity index (χ3v) is 3.95. The van der Waals surface area contributed by atoms with Crippen molar-refractivity contribution < 1.29 is 18.7 Å². The predicted octanol–water partition coefficient (Wildman–Crippen LogP) is 4.32. The van der Waals surface area contributed by atoms with E-state index in [-0.39, 0.29) is 5.91 Å². The van der Waals surface area contributed by atoms with Crippen molar-refractivity contribution in [3.63, 3.8) is 0 Å². The summed E-state index contributed by atoms with van der Waals surface area (Å²) in [6.45, 7) is 3.89. The molecule has 1 N–H and O–H groups in total. The molecule has 0 saturated carbocycles. The second kappa shape index (κ2) is 6.28. The monoisotopic (exact) mass is 325 g/mol. The van der Waals surface area contributed by atoms with Crippen LogP contribution in [-0.2, 0) is 0 Å². The molecule has 1 heterocycles. The van der Waals surface area contributed by atoms with Gasteiger partial charge in [0, 0.05) is 17.0 Å². The summed E-state index contributed by atoms with van der Waals surface area (Å²) in [5.74, 6) is 1.16. The molecule has 5 heteroatoms. The Bertz CT molecular complexity index is 911. The summed E-state index contributed by atoms with van der Waals surface area (Å²) < 4.78 is 16.2. The highest BCUT2D eigenvalue weighted by molar-refractivity contribution is 6.07. The molecule has 0 bridgehead atoms. The minimum atomic E-state index is -0.315. The molecule has 0 saturated heterocycles. The number of aryl methyl sites for hydroxylation is 2. The van der Waals surface area contributed by atoms with Crippen molar-refractivity contribution in [2.45, 2.75) is 13.8 Å². The number of carbonyl (C=O) groups excluding carboxylic acids is 1. The van der Waals surface area contributed by atoms with Crippen LogP contribution in [0.25, 0.3) is 11.0 Å². The van der Waals surface area contributed by atoms with E-state index in [0.717, 1.165) is 16.5 Å². The van der Waals surface area contributed by atoms with Gasteiger partial charge >= 0.3 is 0 Å². The Hall–Kier alpha value is -2.95. The number of fused-ring (bicyclic) bond motifs is 1. The van der Waals surface area contributed by atoms with Gasteiger partial charge in [-0.3, -0.25) is 4.79 Å². The topological polar surface area (TPSA) is 60.7 Å². The number of methoxy groups -OCH3 is 2. The van der Waals surface area contributed by atoms with Crippen molar-refractivity contribution in [2.75, 3.05) is 19.5 Å². The van der Waals surface area contributed by atoms with Crippen LogP contribution in [0.15, 0.2) is 40.8 Å². The SMILES string of the molecule is COc1ccc(NC(=O)c2oc3ccc(C)cc3c2C)c(OC)c1. The third kappa shape index (κ3) is 2.80. The maximum atomic E-state index is 12.6. The summed E-state index contributed by atoms with van der Waals surface area (Å²) >= 11 is 0. The lowest BCUT2D eigenvalue weighted by atomic mass is 10.1. The van der Waals surface area contributed by atoms with Crippen LogP contribution in [0.3, 0.4) is 0 Å². The first-order valence-corrected chi connectivity index (χ1v) is 7.56. The number of amides is 1. The lowest BCUT2D eigenvalue weighted by Gasteiger charge is -2.11. The fourth-order valence-corrected chi connectivity index (χ4v) is 2.63. The van der Waals surface area contributed by atoms with Crippen molar-refractivity contribution in [2.24, 2.45) is 0 Å². The zero-order valence-corrected chi connectivity index (χ0v) is 14.1. The lowest BCUT2D eigenvalue weighted by Crippen LogP contribution is -2.13. The lowest BCUT2D eigenvalue weighted by molar-refractivity contribution is 0.0997. The van der Waals surface area contributed by atoms with Gasteiger partial charge in [0.25, 0.3) is 5.91 Å². The van der Waals surface area contributed by atoms with Gasteiger partial charge in [-0.25, -0.2) is 0 Å². The van der Waals surface area contributed by atoms with Gasteiger partial charge in [0.15, 0.2) is 5.76 Å². The number of hydrogen-bond donors (Lipinski definition) is 1. The second-order valence-electron chi connectivity index (χ2n) is 5.58. The largest absolute Gasteiger partial charge is 0.497 e. The molecular weight excluding hydrogens is 306 g/mol. The van der Waals surface area contributed by atoms with Gasteiger partial charge in [-0.1, -0.05) is 11.6 Å². The van der Waals surface area contributed by atoms with Crippen LogP contribution in [-0.4, -0.2) is 20.1 Å². The molecule has 5 nitrogen and oxygen atoms in total. The Morgan fingerprint density at radius 3 is 2.54 bits per heavy atom. The molecule has 0 radical (unpaired) electrons. The molecule has 3 rings (SSSR count). The third-order valence-electron chi connectivity index (χ3n) is 3.95. The first kappa shape index (κ1) is 15.9. The van der Waals surface area contributed by atoms with Gasteiger partial charge < -0.3 is 19.2 Å². The average Bonchev–Trinajstić information content (AvgIpc) is 2.91. The smallest absolute Gasteiger partial charge is 0.291 e. The quantitative estimate of drug-likeness (QED) is 0.776. The second-order valence-corrected chi connectivity index (χ2v) is 5.58. The summed E-state index contributed by atoms with van der Waals surface area (Å²) in [6.07, 6.45) is 0. The van der Waals surface area contributed by atoms with Crippen molar-refractivity contribution in [3.8, 4) is 11.5 Å². The number of anilines is 1. The highest BCUT2D eigenvalue weighted by Gasteiger charge is 2.19. The van der Waals surface area contributed by atoms with E-state index in [4.69, 9.17) is 13.9 Å². The predicted molar refractivity (Wildman–Crippen MR) is 93.2 cm³/mol. The minimum Gasteiger partial charge on any atom is -0.497 e. The molecule has 0 spiro atoms. The number of carbonyl (C=O) groups is 1. The standard InChI is InChI=1S/C19H19NO4/c1-11-5-8-16-14(9-11)12(2)18(24-16)19(21)20-15-7-6-13(22-3)10-17(15)23-4/h5-10H,1-4H3,(H,20,21). The zero-order valence-electron chi connectivity index (χ0n) is 14.1. The highest BCUT2D eigenvalue weighted by atomic mass is 16.5. The van der Waals surface area contributed by atoms with E-state index >= 15 is 0 Å². The van der Waals surface area contributed by atoms with E-state index in [1.807, 2.05) is 32.0 Å². The van der Waals surface area contributed by atoms with Gasteiger partial charge in [-0.15, -0.1) is 0 Å². The van der Waals surface area contributed by atoms with Crippen molar-refractivity contribution in [3.05, 3.63) is 53.3 Å². The molecule has 2 aromatic carbocycles. The molecule has 24 heavy (non-hydrogen) atoms. The molecular formula is C19H19NO4. The first-order valence-electron chi connectivity index (χ1n) is 7.56. The molecule has 3 aromatic rings. The Balaban J connectivity index is 1.94. The van der Waals surface area contributed by atoms with Crippen LogP contribution >= 0.6 is 0 Å².